The summed E-state index contributed by atoms with van der Waals surface area (Å²) in [5.74, 6) is 0.858. The van der Waals surface area contributed by atoms with Crippen molar-refractivity contribution in [2.24, 2.45) is 5.10 Å². The van der Waals surface area contributed by atoms with E-state index in [0.29, 0.717) is 13.2 Å². The average Bonchev–Trinajstić information content (AvgIpc) is 3.17. The molecule has 6 heteroatoms. The molecule has 0 atom stereocenters. The molecular formula is C21H23N3O2S. The Labute approximate surface area is 163 Å². The van der Waals surface area contributed by atoms with Crippen molar-refractivity contribution in [3.63, 3.8) is 0 Å². The highest BCUT2D eigenvalue weighted by Gasteiger charge is 2.05. The van der Waals surface area contributed by atoms with Gasteiger partial charge >= 0.3 is 0 Å². The molecule has 1 N–H and O–H groups in total. The van der Waals surface area contributed by atoms with E-state index in [0.717, 1.165) is 39.7 Å². The number of methoxy groups -OCH3 is 1. The van der Waals surface area contributed by atoms with E-state index in [9.17, 15) is 0 Å². The summed E-state index contributed by atoms with van der Waals surface area (Å²) in [7, 11) is 1.68. The van der Waals surface area contributed by atoms with E-state index in [1.807, 2.05) is 53.9 Å². The maximum atomic E-state index is 5.76. The molecule has 0 saturated heterocycles. The highest BCUT2D eigenvalue weighted by molar-refractivity contribution is 7.14. The topological polar surface area (TPSA) is 55.7 Å². The molecule has 1 aromatic heterocycles. The van der Waals surface area contributed by atoms with Gasteiger partial charge in [-0.1, -0.05) is 37.3 Å². The minimum absolute atomic E-state index is 0.501. The van der Waals surface area contributed by atoms with Crippen LogP contribution in [0.3, 0.4) is 0 Å². The Morgan fingerprint density at radius 2 is 2.04 bits per heavy atom. The Bertz CT molecular complexity index is 878. The van der Waals surface area contributed by atoms with Crippen LogP contribution in [0.5, 0.6) is 5.75 Å². The van der Waals surface area contributed by atoms with Crippen LogP contribution in [0.2, 0.25) is 0 Å². The molecule has 0 saturated carbocycles. The van der Waals surface area contributed by atoms with Gasteiger partial charge in [-0.05, 0) is 30.2 Å². The van der Waals surface area contributed by atoms with Gasteiger partial charge in [0.05, 0.1) is 25.1 Å². The number of aromatic nitrogens is 1. The van der Waals surface area contributed by atoms with Crippen LogP contribution in [0.1, 0.15) is 24.5 Å². The predicted octanol–water partition coefficient (Wildman–Crippen LogP) is 5.19. The van der Waals surface area contributed by atoms with Crippen molar-refractivity contribution in [3.8, 4) is 17.0 Å². The fourth-order valence-electron chi connectivity index (χ4n) is 2.53. The maximum absolute atomic E-state index is 5.76. The molecule has 0 spiro atoms. The Balaban J connectivity index is 1.65. The van der Waals surface area contributed by atoms with Gasteiger partial charge in [-0.2, -0.15) is 5.10 Å². The van der Waals surface area contributed by atoms with E-state index < -0.39 is 0 Å². The van der Waals surface area contributed by atoms with Crippen LogP contribution in [0.15, 0.2) is 59.0 Å². The molecular weight excluding hydrogens is 358 g/mol. The number of rotatable bonds is 9. The van der Waals surface area contributed by atoms with Crippen molar-refractivity contribution in [2.75, 3.05) is 19.1 Å². The normalized spacial score (nSPS) is 11.0. The summed E-state index contributed by atoms with van der Waals surface area (Å²) >= 11 is 1.53. The lowest BCUT2D eigenvalue weighted by Gasteiger charge is -2.11. The zero-order chi connectivity index (χ0) is 18.9. The third kappa shape index (κ3) is 5.39. The molecule has 140 valence electrons. The first-order valence-corrected chi connectivity index (χ1v) is 9.72. The van der Waals surface area contributed by atoms with Crippen LogP contribution in [0.4, 0.5) is 5.13 Å². The number of hydrazone groups is 1. The van der Waals surface area contributed by atoms with Crippen molar-refractivity contribution in [1.82, 2.24) is 4.98 Å². The summed E-state index contributed by atoms with van der Waals surface area (Å²) in [6.07, 6.45) is 2.74. The number of thiazole rings is 1. The maximum Gasteiger partial charge on any atom is 0.203 e. The summed E-state index contributed by atoms with van der Waals surface area (Å²) < 4.78 is 11.0. The first-order chi connectivity index (χ1) is 13.3. The standard InChI is InChI=1S/C21H23N3O2S/c1-3-11-26-20-10-9-16(12-18(20)14-25-2)13-22-24-21-23-19(15-27-21)17-7-5-4-6-8-17/h4-10,12-13,15H,3,11,14H2,1-2H3,(H,23,24). The fourth-order valence-corrected chi connectivity index (χ4v) is 3.20. The van der Waals surface area contributed by atoms with Crippen LogP contribution >= 0.6 is 11.3 Å². The SMILES string of the molecule is CCCOc1ccc(C=NNc2nc(-c3ccccc3)cs2)cc1COC. The van der Waals surface area contributed by atoms with E-state index in [4.69, 9.17) is 9.47 Å². The first-order valence-electron chi connectivity index (χ1n) is 8.85. The molecule has 1 heterocycles. The summed E-state index contributed by atoms with van der Waals surface area (Å²) in [5.41, 5.74) is 7.02. The van der Waals surface area contributed by atoms with E-state index in [1.54, 1.807) is 13.3 Å². The zero-order valence-corrected chi connectivity index (χ0v) is 16.3. The number of hydrogen-bond donors (Lipinski definition) is 1. The lowest BCUT2D eigenvalue weighted by Crippen LogP contribution is -2.01. The smallest absolute Gasteiger partial charge is 0.203 e. The molecule has 0 aliphatic rings. The molecule has 0 aliphatic heterocycles. The minimum Gasteiger partial charge on any atom is -0.493 e. The van der Waals surface area contributed by atoms with Crippen LogP contribution < -0.4 is 10.2 Å². The minimum atomic E-state index is 0.501. The summed E-state index contributed by atoms with van der Waals surface area (Å²) in [4.78, 5) is 4.56. The molecule has 5 nitrogen and oxygen atoms in total. The molecule has 0 amide bonds. The summed E-state index contributed by atoms with van der Waals surface area (Å²) in [6, 6.07) is 16.1. The Morgan fingerprint density at radius 1 is 1.19 bits per heavy atom. The van der Waals surface area contributed by atoms with E-state index in [1.165, 1.54) is 11.3 Å². The Morgan fingerprint density at radius 3 is 2.81 bits per heavy atom. The molecule has 0 aliphatic carbocycles. The monoisotopic (exact) mass is 381 g/mol. The number of ether oxygens (including phenoxy) is 2. The molecule has 0 bridgehead atoms. The molecule has 3 aromatic rings. The largest absolute Gasteiger partial charge is 0.493 e. The fraction of sp³-hybridized carbons (Fsp3) is 0.238. The lowest BCUT2D eigenvalue weighted by atomic mass is 10.1. The number of nitrogens with zero attached hydrogens (tertiary/aromatic N) is 2. The van der Waals surface area contributed by atoms with Crippen LogP contribution in [0, 0.1) is 0 Å². The van der Waals surface area contributed by atoms with Gasteiger partial charge in [0.1, 0.15) is 5.75 Å². The van der Waals surface area contributed by atoms with Gasteiger partial charge in [-0.3, -0.25) is 5.43 Å². The van der Waals surface area contributed by atoms with Gasteiger partial charge < -0.3 is 9.47 Å². The summed E-state index contributed by atoms with van der Waals surface area (Å²) in [5, 5.41) is 7.08. The van der Waals surface area contributed by atoms with Crippen molar-refractivity contribution >= 4 is 22.7 Å². The van der Waals surface area contributed by atoms with E-state index >= 15 is 0 Å². The molecule has 0 unspecified atom stereocenters. The first kappa shape index (κ1) is 19.1. The van der Waals surface area contributed by atoms with Gasteiger partial charge in [-0.15, -0.1) is 11.3 Å². The van der Waals surface area contributed by atoms with Gasteiger partial charge in [-0.25, -0.2) is 4.98 Å². The highest BCUT2D eigenvalue weighted by Crippen LogP contribution is 2.24. The number of nitrogens with one attached hydrogen (secondary N) is 1. The van der Waals surface area contributed by atoms with Gasteiger partial charge in [0, 0.05) is 23.6 Å². The van der Waals surface area contributed by atoms with Crippen LogP contribution in [-0.2, 0) is 11.3 Å². The van der Waals surface area contributed by atoms with Crippen molar-refractivity contribution in [3.05, 3.63) is 65.0 Å². The molecule has 3 rings (SSSR count). The number of hydrogen-bond acceptors (Lipinski definition) is 6. The van der Waals surface area contributed by atoms with Gasteiger partial charge in [0.25, 0.3) is 0 Å². The second-order valence-corrected chi connectivity index (χ2v) is 6.78. The third-order valence-electron chi connectivity index (χ3n) is 3.79. The molecule has 2 aromatic carbocycles. The predicted molar refractivity (Wildman–Crippen MR) is 112 cm³/mol. The third-order valence-corrected chi connectivity index (χ3v) is 4.54. The van der Waals surface area contributed by atoms with Crippen molar-refractivity contribution < 1.29 is 9.47 Å². The Kier molecular flexibility index (Phi) is 6.96. The van der Waals surface area contributed by atoms with Crippen molar-refractivity contribution in [1.29, 1.82) is 0 Å². The molecule has 0 fully saturated rings. The van der Waals surface area contributed by atoms with Crippen LogP contribution in [0.25, 0.3) is 11.3 Å². The molecule has 27 heavy (non-hydrogen) atoms. The van der Waals surface area contributed by atoms with E-state index in [2.05, 4.69) is 22.4 Å². The van der Waals surface area contributed by atoms with Crippen molar-refractivity contribution in [2.45, 2.75) is 20.0 Å². The second kappa shape index (κ2) is 9.85. The Hall–Kier alpha value is -2.70. The van der Waals surface area contributed by atoms with E-state index in [-0.39, 0.29) is 0 Å². The zero-order valence-electron chi connectivity index (χ0n) is 15.5. The number of benzene rings is 2. The quantitative estimate of drug-likeness (QED) is 0.409. The molecule has 0 radical (unpaired) electrons. The number of anilines is 1. The summed E-state index contributed by atoms with van der Waals surface area (Å²) in [6.45, 7) is 3.28. The second-order valence-electron chi connectivity index (χ2n) is 5.92. The highest BCUT2D eigenvalue weighted by atomic mass is 32.1. The average molecular weight is 382 g/mol. The van der Waals surface area contributed by atoms with Crippen LogP contribution in [-0.4, -0.2) is 24.9 Å². The van der Waals surface area contributed by atoms with Gasteiger partial charge in [0.15, 0.2) is 0 Å². The lowest BCUT2D eigenvalue weighted by molar-refractivity contribution is 0.179. The van der Waals surface area contributed by atoms with Gasteiger partial charge in [0.2, 0.25) is 5.13 Å².